The molecule has 0 spiro atoms. The Balaban J connectivity index is 1.96. The van der Waals surface area contributed by atoms with Gasteiger partial charge >= 0.3 is 18.4 Å². The SMILES string of the molecule is CCOC(=O)N1CCN(c2ncc(C(F)(F)F)cn2)CC1c1c[nH]c(=O)c(C(F)(F)F)c1. The highest BCUT2D eigenvalue weighted by Gasteiger charge is 2.38. The first-order valence-electron chi connectivity index (χ1n) is 9.29. The minimum absolute atomic E-state index is 0.0210. The van der Waals surface area contributed by atoms with Crippen LogP contribution in [0.2, 0.25) is 0 Å². The first-order chi connectivity index (χ1) is 14.9. The van der Waals surface area contributed by atoms with E-state index in [0.717, 1.165) is 6.20 Å². The van der Waals surface area contributed by atoms with Gasteiger partial charge in [0.15, 0.2) is 0 Å². The van der Waals surface area contributed by atoms with Crippen LogP contribution in [0.5, 0.6) is 0 Å². The molecule has 3 heterocycles. The standard InChI is InChI=1S/C18H17F6N5O3/c1-2-32-16(31)29-4-3-28(15-26-7-11(8-27-15)17(19,20)21)9-13(29)10-5-12(18(22,23)24)14(30)25-6-10/h5-8,13H,2-4,9H2,1H3,(H,25,30). The Kier molecular flexibility index (Phi) is 6.32. The smallest absolute Gasteiger partial charge is 0.421 e. The Hall–Kier alpha value is -3.32. The van der Waals surface area contributed by atoms with Crippen molar-refractivity contribution in [2.45, 2.75) is 25.3 Å². The molecule has 1 fully saturated rings. The summed E-state index contributed by atoms with van der Waals surface area (Å²) >= 11 is 0. The molecule has 1 unspecified atom stereocenters. The van der Waals surface area contributed by atoms with Crippen LogP contribution >= 0.6 is 0 Å². The van der Waals surface area contributed by atoms with Gasteiger partial charge in [0.1, 0.15) is 5.56 Å². The minimum Gasteiger partial charge on any atom is -0.450 e. The van der Waals surface area contributed by atoms with E-state index in [-0.39, 0.29) is 37.8 Å². The minimum atomic E-state index is -4.93. The van der Waals surface area contributed by atoms with Crippen molar-refractivity contribution >= 4 is 12.0 Å². The maximum atomic E-state index is 13.2. The van der Waals surface area contributed by atoms with Crippen molar-refractivity contribution in [3.8, 4) is 0 Å². The predicted molar refractivity (Wildman–Crippen MR) is 97.8 cm³/mol. The third-order valence-electron chi connectivity index (χ3n) is 4.75. The Bertz CT molecular complexity index is 1020. The molecule has 2 aromatic rings. The lowest BCUT2D eigenvalue weighted by Gasteiger charge is -2.40. The zero-order chi connectivity index (χ0) is 23.7. The number of aromatic amines is 1. The summed E-state index contributed by atoms with van der Waals surface area (Å²) < 4.78 is 82.8. The van der Waals surface area contributed by atoms with Crippen molar-refractivity contribution in [1.29, 1.82) is 0 Å². The Labute approximate surface area is 176 Å². The zero-order valence-electron chi connectivity index (χ0n) is 16.5. The van der Waals surface area contributed by atoms with Gasteiger partial charge in [-0.2, -0.15) is 26.3 Å². The van der Waals surface area contributed by atoms with Crippen molar-refractivity contribution in [2.75, 3.05) is 31.1 Å². The van der Waals surface area contributed by atoms with E-state index in [9.17, 15) is 35.9 Å². The number of rotatable bonds is 3. The predicted octanol–water partition coefficient (Wildman–Crippen LogP) is 3.22. The van der Waals surface area contributed by atoms with E-state index in [4.69, 9.17) is 4.74 Å². The monoisotopic (exact) mass is 465 g/mol. The molecule has 0 saturated carbocycles. The van der Waals surface area contributed by atoms with Gasteiger partial charge < -0.3 is 14.6 Å². The molecule has 2 aromatic heterocycles. The number of amides is 1. The number of halogens is 6. The van der Waals surface area contributed by atoms with Crippen LogP contribution in [-0.2, 0) is 17.1 Å². The van der Waals surface area contributed by atoms with Crippen LogP contribution in [0, 0.1) is 0 Å². The molecule has 0 aliphatic carbocycles. The van der Waals surface area contributed by atoms with Crippen LogP contribution in [0.3, 0.4) is 0 Å². The molecule has 1 atom stereocenters. The van der Waals surface area contributed by atoms with Gasteiger partial charge in [-0.3, -0.25) is 9.69 Å². The summed E-state index contributed by atoms with van der Waals surface area (Å²) in [5.74, 6) is -0.0908. The van der Waals surface area contributed by atoms with Gasteiger partial charge in [-0.1, -0.05) is 0 Å². The van der Waals surface area contributed by atoms with Crippen LogP contribution in [0.25, 0.3) is 0 Å². The molecule has 1 aliphatic heterocycles. The van der Waals surface area contributed by atoms with Gasteiger partial charge in [-0.25, -0.2) is 14.8 Å². The highest BCUT2D eigenvalue weighted by Crippen LogP contribution is 2.33. The van der Waals surface area contributed by atoms with E-state index in [0.29, 0.717) is 18.5 Å². The Morgan fingerprint density at radius 1 is 1.16 bits per heavy atom. The lowest BCUT2D eigenvalue weighted by Crippen LogP contribution is -2.51. The van der Waals surface area contributed by atoms with Gasteiger partial charge in [0, 0.05) is 38.2 Å². The number of nitrogens with zero attached hydrogens (tertiary/aromatic N) is 4. The Morgan fingerprint density at radius 3 is 2.38 bits per heavy atom. The lowest BCUT2D eigenvalue weighted by atomic mass is 10.0. The molecular formula is C18H17F6N5O3. The van der Waals surface area contributed by atoms with Crippen LogP contribution in [0.4, 0.5) is 37.1 Å². The third kappa shape index (κ3) is 4.94. The molecule has 8 nitrogen and oxygen atoms in total. The van der Waals surface area contributed by atoms with E-state index in [1.165, 1.54) is 9.80 Å². The number of ether oxygens (including phenoxy) is 1. The fraction of sp³-hybridized carbons (Fsp3) is 0.444. The number of anilines is 1. The Morgan fingerprint density at radius 2 is 1.81 bits per heavy atom. The van der Waals surface area contributed by atoms with Crippen molar-refractivity contribution < 1.29 is 35.9 Å². The van der Waals surface area contributed by atoms with Crippen LogP contribution < -0.4 is 10.5 Å². The average Bonchev–Trinajstić information content (AvgIpc) is 2.72. The maximum absolute atomic E-state index is 13.2. The largest absolute Gasteiger partial charge is 0.450 e. The zero-order valence-corrected chi connectivity index (χ0v) is 16.5. The second-order valence-corrected chi connectivity index (χ2v) is 6.80. The summed E-state index contributed by atoms with van der Waals surface area (Å²) in [6.07, 6.45) is -8.11. The van der Waals surface area contributed by atoms with Gasteiger partial charge in [0.25, 0.3) is 5.56 Å². The van der Waals surface area contributed by atoms with Crippen LogP contribution in [-0.4, -0.2) is 52.2 Å². The van der Waals surface area contributed by atoms with Crippen molar-refractivity contribution in [2.24, 2.45) is 0 Å². The summed E-state index contributed by atoms with van der Waals surface area (Å²) in [5, 5.41) is 0. The van der Waals surface area contributed by atoms with E-state index < -0.39 is 41.2 Å². The number of H-pyrrole nitrogens is 1. The molecular weight excluding hydrogens is 448 g/mol. The summed E-state index contributed by atoms with van der Waals surface area (Å²) in [6, 6.07) is -0.390. The summed E-state index contributed by atoms with van der Waals surface area (Å²) in [6.45, 7) is 1.49. The topological polar surface area (TPSA) is 91.4 Å². The van der Waals surface area contributed by atoms with Crippen molar-refractivity contribution in [3.05, 3.63) is 51.7 Å². The maximum Gasteiger partial charge on any atom is 0.421 e. The summed E-state index contributed by atoms with van der Waals surface area (Å²) in [4.78, 5) is 36.0. The highest BCUT2D eigenvalue weighted by molar-refractivity contribution is 5.69. The molecule has 1 saturated heterocycles. The quantitative estimate of drug-likeness (QED) is 0.701. The fourth-order valence-electron chi connectivity index (χ4n) is 3.21. The molecule has 1 N–H and O–H groups in total. The highest BCUT2D eigenvalue weighted by atomic mass is 19.4. The molecule has 1 aliphatic rings. The molecule has 0 radical (unpaired) electrons. The van der Waals surface area contributed by atoms with E-state index in [1.54, 1.807) is 6.92 Å². The number of pyridine rings is 1. The number of alkyl halides is 6. The van der Waals surface area contributed by atoms with Gasteiger partial charge in [-0.05, 0) is 18.6 Å². The van der Waals surface area contributed by atoms with Gasteiger partial charge in [-0.15, -0.1) is 0 Å². The number of carbonyl (C=O) groups excluding carboxylic acids is 1. The number of hydrogen-bond donors (Lipinski definition) is 1. The normalized spacial score (nSPS) is 17.4. The van der Waals surface area contributed by atoms with E-state index >= 15 is 0 Å². The van der Waals surface area contributed by atoms with Crippen molar-refractivity contribution in [1.82, 2.24) is 19.9 Å². The van der Waals surface area contributed by atoms with Crippen LogP contribution in [0.15, 0.2) is 29.5 Å². The number of nitrogens with one attached hydrogen (secondary N) is 1. The number of piperazine rings is 1. The number of hydrogen-bond acceptors (Lipinski definition) is 6. The third-order valence-corrected chi connectivity index (χ3v) is 4.75. The van der Waals surface area contributed by atoms with E-state index in [1.807, 2.05) is 4.98 Å². The molecule has 14 heteroatoms. The van der Waals surface area contributed by atoms with Gasteiger partial charge in [0.05, 0.1) is 18.2 Å². The molecule has 1 amide bonds. The van der Waals surface area contributed by atoms with E-state index in [2.05, 4.69) is 9.97 Å². The van der Waals surface area contributed by atoms with Crippen molar-refractivity contribution in [3.63, 3.8) is 0 Å². The average molecular weight is 465 g/mol. The second kappa shape index (κ2) is 8.67. The fourth-order valence-corrected chi connectivity index (χ4v) is 3.21. The first kappa shape index (κ1) is 23.3. The van der Waals surface area contributed by atoms with Gasteiger partial charge in [0.2, 0.25) is 5.95 Å². The summed E-state index contributed by atoms with van der Waals surface area (Å²) in [5.41, 5.74) is -3.88. The molecule has 3 rings (SSSR count). The first-order valence-corrected chi connectivity index (χ1v) is 9.29. The molecule has 0 aromatic carbocycles. The summed E-state index contributed by atoms with van der Waals surface area (Å²) in [7, 11) is 0. The van der Waals surface area contributed by atoms with Crippen LogP contribution in [0.1, 0.15) is 29.7 Å². The number of carbonyl (C=O) groups is 1. The molecule has 0 bridgehead atoms. The number of aromatic nitrogens is 3. The molecule has 32 heavy (non-hydrogen) atoms. The molecule has 174 valence electrons. The second-order valence-electron chi connectivity index (χ2n) is 6.80. The lowest BCUT2D eigenvalue weighted by molar-refractivity contribution is -0.139.